The second-order valence-electron chi connectivity index (χ2n) is 3.54. The standard InChI is InChI=1S/C10H14F2N2/c1-6(2)14(3)10-8(11)4-7(13)5-9(10)12/h4-6H,13H2,1-3H3. The zero-order chi connectivity index (χ0) is 10.9. The summed E-state index contributed by atoms with van der Waals surface area (Å²) in [6.45, 7) is 3.71. The highest BCUT2D eigenvalue weighted by Gasteiger charge is 2.16. The van der Waals surface area contributed by atoms with Gasteiger partial charge in [-0.2, -0.15) is 0 Å². The van der Waals surface area contributed by atoms with Crippen LogP contribution in [-0.4, -0.2) is 13.1 Å². The van der Waals surface area contributed by atoms with E-state index < -0.39 is 11.6 Å². The van der Waals surface area contributed by atoms with Gasteiger partial charge in [-0.25, -0.2) is 8.78 Å². The van der Waals surface area contributed by atoms with Gasteiger partial charge >= 0.3 is 0 Å². The Hall–Kier alpha value is -1.32. The molecule has 0 aromatic heterocycles. The summed E-state index contributed by atoms with van der Waals surface area (Å²) in [4.78, 5) is 1.53. The molecule has 0 bridgehead atoms. The molecule has 0 unspecified atom stereocenters. The van der Waals surface area contributed by atoms with Crippen molar-refractivity contribution in [1.29, 1.82) is 0 Å². The van der Waals surface area contributed by atoms with Gasteiger partial charge in [-0.3, -0.25) is 0 Å². The van der Waals surface area contributed by atoms with E-state index in [0.717, 1.165) is 12.1 Å². The van der Waals surface area contributed by atoms with Crippen molar-refractivity contribution < 1.29 is 8.78 Å². The number of nitrogens with two attached hydrogens (primary N) is 1. The van der Waals surface area contributed by atoms with Crippen LogP contribution in [0, 0.1) is 11.6 Å². The molecule has 4 heteroatoms. The van der Waals surface area contributed by atoms with Crippen LogP contribution >= 0.6 is 0 Å². The Bertz CT molecular complexity index is 314. The molecule has 0 heterocycles. The summed E-state index contributed by atoms with van der Waals surface area (Å²) in [7, 11) is 1.64. The molecule has 0 amide bonds. The Morgan fingerprint density at radius 2 is 1.64 bits per heavy atom. The van der Waals surface area contributed by atoms with Gasteiger partial charge in [0, 0.05) is 18.8 Å². The van der Waals surface area contributed by atoms with Crippen molar-refractivity contribution in [2.45, 2.75) is 19.9 Å². The molecule has 0 saturated heterocycles. The minimum atomic E-state index is -0.626. The first-order valence-corrected chi connectivity index (χ1v) is 4.41. The topological polar surface area (TPSA) is 29.3 Å². The molecule has 0 atom stereocenters. The van der Waals surface area contributed by atoms with Crippen molar-refractivity contribution in [2.75, 3.05) is 17.7 Å². The highest BCUT2D eigenvalue weighted by molar-refractivity contribution is 5.55. The summed E-state index contributed by atoms with van der Waals surface area (Å²) in [6, 6.07) is 2.27. The third-order valence-corrected chi connectivity index (χ3v) is 2.17. The Morgan fingerprint density at radius 1 is 1.21 bits per heavy atom. The number of anilines is 2. The lowest BCUT2D eigenvalue weighted by molar-refractivity contribution is 0.568. The summed E-state index contributed by atoms with van der Waals surface area (Å²) in [5.41, 5.74) is 5.37. The molecule has 0 radical (unpaired) electrons. The monoisotopic (exact) mass is 200 g/mol. The number of benzene rings is 1. The van der Waals surface area contributed by atoms with E-state index in [1.54, 1.807) is 7.05 Å². The van der Waals surface area contributed by atoms with E-state index in [4.69, 9.17) is 5.73 Å². The van der Waals surface area contributed by atoms with Gasteiger partial charge in [0.15, 0.2) is 11.6 Å². The van der Waals surface area contributed by atoms with E-state index in [0.29, 0.717) is 0 Å². The van der Waals surface area contributed by atoms with Crippen LogP contribution in [0.15, 0.2) is 12.1 Å². The molecule has 0 saturated carbocycles. The maximum atomic E-state index is 13.4. The smallest absolute Gasteiger partial charge is 0.151 e. The first-order chi connectivity index (χ1) is 6.43. The van der Waals surface area contributed by atoms with Crippen LogP contribution < -0.4 is 10.6 Å². The lowest BCUT2D eigenvalue weighted by Gasteiger charge is -2.24. The minimum absolute atomic E-state index is 0.0302. The molecule has 1 aromatic carbocycles. The predicted octanol–water partition coefficient (Wildman–Crippen LogP) is 2.39. The van der Waals surface area contributed by atoms with Gasteiger partial charge in [-0.1, -0.05) is 0 Å². The molecule has 2 N–H and O–H groups in total. The number of hydrogen-bond donors (Lipinski definition) is 1. The van der Waals surface area contributed by atoms with Crippen molar-refractivity contribution in [3.63, 3.8) is 0 Å². The summed E-state index contributed by atoms with van der Waals surface area (Å²) in [5, 5.41) is 0. The summed E-state index contributed by atoms with van der Waals surface area (Å²) in [6.07, 6.45) is 0. The fraction of sp³-hybridized carbons (Fsp3) is 0.400. The van der Waals surface area contributed by atoms with Gasteiger partial charge < -0.3 is 10.6 Å². The Kier molecular flexibility index (Phi) is 2.93. The number of halogens is 2. The molecule has 0 spiro atoms. The number of nitrogen functional groups attached to an aromatic ring is 1. The molecule has 0 fully saturated rings. The van der Waals surface area contributed by atoms with Crippen LogP contribution in [0.4, 0.5) is 20.2 Å². The summed E-state index contributed by atoms with van der Waals surface area (Å²) in [5.74, 6) is -1.25. The molecular formula is C10H14F2N2. The van der Waals surface area contributed by atoms with Gasteiger partial charge in [0.25, 0.3) is 0 Å². The minimum Gasteiger partial charge on any atom is -0.399 e. The van der Waals surface area contributed by atoms with Crippen LogP contribution in [0.25, 0.3) is 0 Å². The van der Waals surface area contributed by atoms with E-state index in [1.807, 2.05) is 13.8 Å². The Morgan fingerprint density at radius 3 is 2.00 bits per heavy atom. The summed E-state index contributed by atoms with van der Waals surface area (Å²) < 4.78 is 26.7. The lowest BCUT2D eigenvalue weighted by atomic mass is 10.2. The highest BCUT2D eigenvalue weighted by atomic mass is 19.1. The Labute approximate surface area is 82.3 Å². The summed E-state index contributed by atoms with van der Waals surface area (Å²) >= 11 is 0. The third kappa shape index (κ3) is 1.95. The normalized spacial score (nSPS) is 10.7. The SMILES string of the molecule is CC(C)N(C)c1c(F)cc(N)cc1F. The molecule has 1 rings (SSSR count). The van der Waals surface area contributed by atoms with Crippen LogP contribution in [0.1, 0.15) is 13.8 Å². The van der Waals surface area contributed by atoms with Crippen LogP contribution in [0.3, 0.4) is 0 Å². The quantitative estimate of drug-likeness (QED) is 0.743. The zero-order valence-corrected chi connectivity index (χ0v) is 8.51. The van der Waals surface area contributed by atoms with Crippen LogP contribution in [0.5, 0.6) is 0 Å². The number of rotatable bonds is 2. The average Bonchev–Trinajstić information content (AvgIpc) is 2.01. The lowest BCUT2D eigenvalue weighted by Crippen LogP contribution is -2.27. The molecule has 0 aliphatic rings. The van der Waals surface area contributed by atoms with Gasteiger partial charge in [0.1, 0.15) is 5.69 Å². The van der Waals surface area contributed by atoms with Crippen molar-refractivity contribution in [3.8, 4) is 0 Å². The van der Waals surface area contributed by atoms with Crippen molar-refractivity contribution in [2.24, 2.45) is 0 Å². The van der Waals surface area contributed by atoms with Crippen LogP contribution in [0.2, 0.25) is 0 Å². The van der Waals surface area contributed by atoms with Crippen molar-refractivity contribution >= 4 is 11.4 Å². The maximum Gasteiger partial charge on any atom is 0.151 e. The van der Waals surface area contributed by atoms with E-state index >= 15 is 0 Å². The molecule has 78 valence electrons. The van der Waals surface area contributed by atoms with E-state index in [1.165, 1.54) is 4.90 Å². The van der Waals surface area contributed by atoms with Crippen LogP contribution in [-0.2, 0) is 0 Å². The molecule has 0 aliphatic carbocycles. The Balaban J connectivity index is 3.20. The second kappa shape index (κ2) is 3.82. The van der Waals surface area contributed by atoms with Gasteiger partial charge in [0.05, 0.1) is 0 Å². The molecule has 1 aromatic rings. The van der Waals surface area contributed by atoms with Crippen molar-refractivity contribution in [1.82, 2.24) is 0 Å². The van der Waals surface area contributed by atoms with E-state index in [2.05, 4.69) is 0 Å². The fourth-order valence-electron chi connectivity index (χ4n) is 1.18. The van der Waals surface area contributed by atoms with E-state index in [-0.39, 0.29) is 17.4 Å². The van der Waals surface area contributed by atoms with Crippen molar-refractivity contribution in [3.05, 3.63) is 23.8 Å². The average molecular weight is 200 g/mol. The predicted molar refractivity (Wildman–Crippen MR) is 54.3 cm³/mol. The molecular weight excluding hydrogens is 186 g/mol. The van der Waals surface area contributed by atoms with Gasteiger partial charge in [0.2, 0.25) is 0 Å². The molecule has 14 heavy (non-hydrogen) atoms. The first kappa shape index (κ1) is 10.8. The van der Waals surface area contributed by atoms with Gasteiger partial charge in [-0.05, 0) is 26.0 Å². The fourth-order valence-corrected chi connectivity index (χ4v) is 1.18. The number of hydrogen-bond acceptors (Lipinski definition) is 2. The van der Waals surface area contributed by atoms with Gasteiger partial charge in [-0.15, -0.1) is 0 Å². The highest BCUT2D eigenvalue weighted by Crippen LogP contribution is 2.26. The largest absolute Gasteiger partial charge is 0.399 e. The van der Waals surface area contributed by atoms with E-state index in [9.17, 15) is 8.78 Å². The zero-order valence-electron chi connectivity index (χ0n) is 8.51. The molecule has 0 aliphatic heterocycles. The first-order valence-electron chi connectivity index (χ1n) is 4.41. The molecule has 2 nitrogen and oxygen atoms in total. The third-order valence-electron chi connectivity index (χ3n) is 2.17. The second-order valence-corrected chi connectivity index (χ2v) is 3.54. The number of nitrogens with zero attached hydrogens (tertiary/aromatic N) is 1. The maximum absolute atomic E-state index is 13.4.